The highest BCUT2D eigenvalue weighted by Gasteiger charge is 2.36. The molecular formula is C18H23NO3. The van der Waals surface area contributed by atoms with E-state index >= 15 is 0 Å². The van der Waals surface area contributed by atoms with Gasteiger partial charge in [-0.2, -0.15) is 0 Å². The molecule has 0 aliphatic heterocycles. The molecule has 1 aliphatic carbocycles. The second-order valence-electron chi connectivity index (χ2n) is 6.05. The maximum absolute atomic E-state index is 12.4. The first kappa shape index (κ1) is 16.3. The van der Waals surface area contributed by atoms with Crippen LogP contribution in [0, 0.1) is 11.8 Å². The molecule has 0 saturated heterocycles. The third-order valence-electron chi connectivity index (χ3n) is 4.48. The van der Waals surface area contributed by atoms with Crippen LogP contribution in [0.15, 0.2) is 41.5 Å². The predicted octanol–water partition coefficient (Wildman–Crippen LogP) is 2.79. The minimum Gasteiger partial charge on any atom is -0.481 e. The van der Waals surface area contributed by atoms with Gasteiger partial charge in [0.2, 0.25) is 5.91 Å². The van der Waals surface area contributed by atoms with E-state index in [2.05, 4.69) is 5.32 Å². The van der Waals surface area contributed by atoms with Gasteiger partial charge in [0.1, 0.15) is 0 Å². The van der Waals surface area contributed by atoms with Crippen molar-refractivity contribution >= 4 is 11.9 Å². The first-order valence-electron chi connectivity index (χ1n) is 7.68. The zero-order valence-corrected chi connectivity index (χ0v) is 13.1. The van der Waals surface area contributed by atoms with Crippen LogP contribution < -0.4 is 5.32 Å². The fourth-order valence-electron chi connectivity index (χ4n) is 2.93. The highest BCUT2D eigenvalue weighted by molar-refractivity contribution is 5.85. The average Bonchev–Trinajstić information content (AvgIpc) is 2.50. The molecule has 1 aromatic rings. The molecule has 2 atom stereocenters. The molecule has 118 valence electrons. The van der Waals surface area contributed by atoms with Gasteiger partial charge < -0.3 is 10.4 Å². The van der Waals surface area contributed by atoms with E-state index in [-0.39, 0.29) is 5.91 Å². The van der Waals surface area contributed by atoms with Gasteiger partial charge in [-0.1, -0.05) is 41.5 Å². The molecule has 0 saturated carbocycles. The highest BCUT2D eigenvalue weighted by Crippen LogP contribution is 2.34. The van der Waals surface area contributed by atoms with Crippen LogP contribution in [0.4, 0.5) is 0 Å². The second-order valence-corrected chi connectivity index (χ2v) is 6.05. The van der Waals surface area contributed by atoms with Gasteiger partial charge in [-0.05, 0) is 38.7 Å². The molecule has 0 aromatic heterocycles. The lowest BCUT2D eigenvalue weighted by Crippen LogP contribution is -2.40. The molecule has 22 heavy (non-hydrogen) atoms. The largest absolute Gasteiger partial charge is 0.481 e. The van der Waals surface area contributed by atoms with Crippen LogP contribution in [0.1, 0.15) is 32.3 Å². The number of carboxylic acid groups (broad SMARTS) is 1. The summed E-state index contributed by atoms with van der Waals surface area (Å²) >= 11 is 0. The SMILES string of the molecule is CC1=C(C)C[C@@H](C(=O)O)[C@@H](C(=O)NCCc2ccccc2)C1. The third-order valence-corrected chi connectivity index (χ3v) is 4.48. The Morgan fingerprint density at radius 1 is 1.09 bits per heavy atom. The maximum Gasteiger partial charge on any atom is 0.307 e. The van der Waals surface area contributed by atoms with Crippen LogP contribution >= 0.6 is 0 Å². The van der Waals surface area contributed by atoms with Crippen LogP contribution in [0.25, 0.3) is 0 Å². The number of carbonyl (C=O) groups is 2. The molecule has 1 aliphatic rings. The molecule has 1 aromatic carbocycles. The number of allylic oxidation sites excluding steroid dienone is 2. The second kappa shape index (κ2) is 7.25. The summed E-state index contributed by atoms with van der Waals surface area (Å²) in [5.41, 5.74) is 3.40. The van der Waals surface area contributed by atoms with Gasteiger partial charge in [0.25, 0.3) is 0 Å². The van der Waals surface area contributed by atoms with Crippen molar-refractivity contribution in [1.29, 1.82) is 0 Å². The fraction of sp³-hybridized carbons (Fsp3) is 0.444. The first-order chi connectivity index (χ1) is 10.5. The van der Waals surface area contributed by atoms with Gasteiger partial charge in [-0.3, -0.25) is 9.59 Å². The fourth-order valence-corrected chi connectivity index (χ4v) is 2.93. The third kappa shape index (κ3) is 3.97. The van der Waals surface area contributed by atoms with E-state index in [0.717, 1.165) is 23.1 Å². The molecule has 0 heterocycles. The van der Waals surface area contributed by atoms with Gasteiger partial charge in [0.05, 0.1) is 11.8 Å². The van der Waals surface area contributed by atoms with Crippen LogP contribution in [0.2, 0.25) is 0 Å². The Hall–Kier alpha value is -2.10. The van der Waals surface area contributed by atoms with Crippen LogP contribution in [0.5, 0.6) is 0 Å². The monoisotopic (exact) mass is 301 g/mol. The van der Waals surface area contributed by atoms with E-state index in [0.29, 0.717) is 19.4 Å². The van der Waals surface area contributed by atoms with E-state index < -0.39 is 17.8 Å². The summed E-state index contributed by atoms with van der Waals surface area (Å²) in [5, 5.41) is 12.3. The molecule has 4 nitrogen and oxygen atoms in total. The van der Waals surface area contributed by atoms with Crippen molar-refractivity contribution in [2.45, 2.75) is 33.1 Å². The Labute approximate surface area is 131 Å². The van der Waals surface area contributed by atoms with E-state index in [1.54, 1.807) is 0 Å². The van der Waals surface area contributed by atoms with Crippen molar-refractivity contribution in [3.8, 4) is 0 Å². The van der Waals surface area contributed by atoms with Crippen molar-refractivity contribution in [3.63, 3.8) is 0 Å². The van der Waals surface area contributed by atoms with Gasteiger partial charge in [-0.15, -0.1) is 0 Å². The Morgan fingerprint density at radius 3 is 2.27 bits per heavy atom. The molecule has 0 spiro atoms. The Balaban J connectivity index is 1.94. The van der Waals surface area contributed by atoms with Crippen LogP contribution in [-0.4, -0.2) is 23.5 Å². The molecule has 1 amide bonds. The number of nitrogens with one attached hydrogen (secondary N) is 1. The topological polar surface area (TPSA) is 66.4 Å². The minimum atomic E-state index is -0.880. The molecule has 0 bridgehead atoms. The first-order valence-corrected chi connectivity index (χ1v) is 7.68. The van der Waals surface area contributed by atoms with Gasteiger partial charge >= 0.3 is 5.97 Å². The van der Waals surface area contributed by atoms with Gasteiger partial charge in [-0.25, -0.2) is 0 Å². The van der Waals surface area contributed by atoms with E-state index in [1.165, 1.54) is 0 Å². The molecular weight excluding hydrogens is 278 g/mol. The van der Waals surface area contributed by atoms with Gasteiger partial charge in [0.15, 0.2) is 0 Å². The summed E-state index contributed by atoms with van der Waals surface area (Å²) in [5.74, 6) is -2.09. The van der Waals surface area contributed by atoms with Crippen LogP contribution in [-0.2, 0) is 16.0 Å². The average molecular weight is 301 g/mol. The minimum absolute atomic E-state index is 0.143. The maximum atomic E-state index is 12.4. The van der Waals surface area contributed by atoms with Crippen molar-refractivity contribution in [1.82, 2.24) is 5.32 Å². The van der Waals surface area contributed by atoms with Crippen molar-refractivity contribution in [2.24, 2.45) is 11.8 Å². The normalized spacial score (nSPS) is 21.5. The van der Waals surface area contributed by atoms with Gasteiger partial charge in [0, 0.05) is 6.54 Å². The summed E-state index contributed by atoms with van der Waals surface area (Å²) < 4.78 is 0. The molecule has 0 unspecified atom stereocenters. The number of carboxylic acids is 1. The van der Waals surface area contributed by atoms with E-state index in [9.17, 15) is 14.7 Å². The summed E-state index contributed by atoms with van der Waals surface area (Å²) in [6.07, 6.45) is 1.77. The number of carbonyl (C=O) groups excluding carboxylic acids is 1. The quantitative estimate of drug-likeness (QED) is 0.822. The van der Waals surface area contributed by atoms with E-state index in [1.807, 2.05) is 44.2 Å². The molecule has 4 heteroatoms. The Kier molecular flexibility index (Phi) is 5.36. The lowest BCUT2D eigenvalue weighted by molar-refractivity contribution is -0.147. The highest BCUT2D eigenvalue weighted by atomic mass is 16.4. The summed E-state index contributed by atoms with van der Waals surface area (Å²) in [6.45, 7) is 4.47. The summed E-state index contributed by atoms with van der Waals surface area (Å²) in [6, 6.07) is 9.93. The Morgan fingerprint density at radius 2 is 1.68 bits per heavy atom. The summed E-state index contributed by atoms with van der Waals surface area (Å²) in [7, 11) is 0. The number of amides is 1. The number of hydrogen-bond donors (Lipinski definition) is 2. The molecule has 0 fully saturated rings. The standard InChI is InChI=1S/C18H23NO3/c1-12-10-15(16(18(21)22)11-13(12)2)17(20)19-9-8-14-6-4-3-5-7-14/h3-7,15-16H,8-11H2,1-2H3,(H,19,20)(H,21,22)/t15-,16+/m0/s1. The van der Waals surface area contributed by atoms with E-state index in [4.69, 9.17) is 0 Å². The Bertz CT molecular complexity index is 577. The number of hydrogen-bond acceptors (Lipinski definition) is 2. The zero-order chi connectivity index (χ0) is 16.1. The molecule has 2 N–H and O–H groups in total. The predicted molar refractivity (Wildman–Crippen MR) is 85.4 cm³/mol. The molecule has 0 radical (unpaired) electrons. The van der Waals surface area contributed by atoms with Crippen molar-refractivity contribution < 1.29 is 14.7 Å². The number of aliphatic carboxylic acids is 1. The smallest absolute Gasteiger partial charge is 0.307 e. The lowest BCUT2D eigenvalue weighted by atomic mass is 9.76. The van der Waals surface area contributed by atoms with Crippen molar-refractivity contribution in [3.05, 3.63) is 47.0 Å². The summed E-state index contributed by atoms with van der Waals surface area (Å²) in [4.78, 5) is 23.8. The number of benzene rings is 1. The van der Waals surface area contributed by atoms with Crippen LogP contribution in [0.3, 0.4) is 0 Å². The van der Waals surface area contributed by atoms with Crippen molar-refractivity contribution in [2.75, 3.05) is 6.54 Å². The zero-order valence-electron chi connectivity index (χ0n) is 13.1. The molecule has 2 rings (SSSR count). The number of rotatable bonds is 5. The lowest BCUT2D eigenvalue weighted by Gasteiger charge is -2.29.